The van der Waals surface area contributed by atoms with E-state index in [0.717, 1.165) is 4.68 Å². The van der Waals surface area contributed by atoms with E-state index in [2.05, 4.69) is 15.7 Å². The summed E-state index contributed by atoms with van der Waals surface area (Å²) in [6.45, 7) is 0. The number of nitrogens with zero attached hydrogens (tertiary/aromatic N) is 3. The molecule has 0 fully saturated rings. The van der Waals surface area contributed by atoms with Crippen molar-refractivity contribution in [3.63, 3.8) is 0 Å². The van der Waals surface area contributed by atoms with E-state index < -0.39 is 24.2 Å². The lowest BCUT2D eigenvalue weighted by Crippen LogP contribution is -2.35. The number of hydrogen-bond donors (Lipinski definition) is 2. The maximum absolute atomic E-state index is 13.8. The highest BCUT2D eigenvalue weighted by molar-refractivity contribution is 6.42. The number of hydrogen-bond acceptors (Lipinski definition) is 4. The first kappa shape index (κ1) is 22.0. The zero-order chi connectivity index (χ0) is 23.0. The molecular weight excluding hydrogens is 466 g/mol. The number of aromatic nitrogens is 2. The van der Waals surface area contributed by atoms with E-state index in [1.165, 1.54) is 42.5 Å². The lowest BCUT2D eigenvalue weighted by atomic mass is 9.97. The molecule has 0 saturated heterocycles. The minimum Gasteiger partial charge on any atom is -0.363 e. The van der Waals surface area contributed by atoms with Crippen molar-refractivity contribution in [3.05, 3.63) is 75.4 Å². The Hall–Kier alpha value is -3.22. The molecule has 164 valence electrons. The van der Waals surface area contributed by atoms with Gasteiger partial charge in [0, 0.05) is 18.2 Å². The normalized spacial score (nSPS) is 17.8. The number of carbonyl (C=O) groups excluding carboxylic acids is 1. The van der Waals surface area contributed by atoms with Crippen molar-refractivity contribution in [1.82, 2.24) is 9.78 Å². The van der Waals surface area contributed by atoms with E-state index >= 15 is 0 Å². The Morgan fingerprint density at radius 1 is 1.16 bits per heavy atom. The number of halogens is 5. The highest BCUT2D eigenvalue weighted by Gasteiger charge is 2.46. The molecule has 1 aliphatic heterocycles. The average Bonchev–Trinajstić information content (AvgIpc) is 3.19. The lowest BCUT2D eigenvalue weighted by Gasteiger charge is -2.33. The van der Waals surface area contributed by atoms with Gasteiger partial charge < -0.3 is 10.6 Å². The number of fused-ring (bicyclic) bond motifs is 1. The molecule has 0 aliphatic carbocycles. The number of nitrogens with one attached hydrogen (secondary N) is 2. The van der Waals surface area contributed by atoms with Gasteiger partial charge in [0.2, 0.25) is 0 Å². The van der Waals surface area contributed by atoms with Gasteiger partial charge in [-0.25, -0.2) is 4.68 Å². The van der Waals surface area contributed by atoms with Crippen LogP contribution < -0.4 is 10.6 Å². The molecule has 1 aromatic heterocycles. The summed E-state index contributed by atoms with van der Waals surface area (Å²) in [7, 11) is 0. The number of nitriles is 1. The molecule has 0 unspecified atom stereocenters. The molecule has 1 amide bonds. The number of anilines is 2. The number of amides is 1. The summed E-state index contributed by atoms with van der Waals surface area (Å²) in [4.78, 5) is 12.6. The van der Waals surface area contributed by atoms with Crippen molar-refractivity contribution < 1.29 is 18.0 Å². The molecular formula is C21H14Cl2F3N5O. The van der Waals surface area contributed by atoms with Gasteiger partial charge in [-0.15, -0.1) is 0 Å². The Balaban J connectivity index is 1.63. The van der Waals surface area contributed by atoms with Crippen molar-refractivity contribution in [3.8, 4) is 6.07 Å². The van der Waals surface area contributed by atoms with Crippen LogP contribution in [0.15, 0.2) is 48.5 Å². The minimum absolute atomic E-state index is 0.0552. The number of benzene rings is 2. The van der Waals surface area contributed by atoms with Crippen molar-refractivity contribution in [2.45, 2.75) is 24.7 Å². The van der Waals surface area contributed by atoms with Crippen molar-refractivity contribution >= 4 is 40.6 Å². The highest BCUT2D eigenvalue weighted by atomic mass is 35.5. The molecule has 0 bridgehead atoms. The smallest absolute Gasteiger partial charge is 0.363 e. The molecule has 2 N–H and O–H groups in total. The highest BCUT2D eigenvalue weighted by Crippen LogP contribution is 2.44. The lowest BCUT2D eigenvalue weighted by molar-refractivity contribution is -0.173. The van der Waals surface area contributed by atoms with Crippen LogP contribution in [0.4, 0.5) is 24.7 Å². The molecule has 2 atom stereocenters. The standard InChI is InChI=1S/C21H14Cl2F3N5O/c22-14-6-3-12(7-15(14)23)16-8-18(21(24,25)26)31-19(29-16)9-17(30-31)20(32)28-13-4-1-11(10-27)2-5-13/h1-7,9,16,18,29H,8H2,(H,28,32)/t16-,18+/m0/s1. The number of carbonyl (C=O) groups is 1. The second-order valence-electron chi connectivity index (χ2n) is 7.17. The maximum Gasteiger partial charge on any atom is 0.410 e. The minimum atomic E-state index is -4.59. The first-order valence-electron chi connectivity index (χ1n) is 9.35. The molecule has 2 heterocycles. The van der Waals surface area contributed by atoms with Gasteiger partial charge >= 0.3 is 6.18 Å². The van der Waals surface area contributed by atoms with E-state index in [9.17, 15) is 18.0 Å². The molecule has 0 spiro atoms. The van der Waals surface area contributed by atoms with E-state index in [1.807, 2.05) is 6.07 Å². The van der Waals surface area contributed by atoms with Crippen LogP contribution in [0.5, 0.6) is 0 Å². The monoisotopic (exact) mass is 479 g/mol. The van der Waals surface area contributed by atoms with Crippen LogP contribution in [0.25, 0.3) is 0 Å². The SMILES string of the molecule is N#Cc1ccc(NC(=O)c2cc3n(n2)[C@@H](C(F)(F)F)C[C@@H](c2ccc(Cl)c(Cl)c2)N3)cc1. The summed E-state index contributed by atoms with van der Waals surface area (Å²) in [5.41, 5.74) is 1.14. The van der Waals surface area contributed by atoms with Crippen molar-refractivity contribution in [2.24, 2.45) is 0 Å². The first-order chi connectivity index (χ1) is 15.2. The zero-order valence-corrected chi connectivity index (χ0v) is 17.6. The van der Waals surface area contributed by atoms with E-state index in [4.69, 9.17) is 28.5 Å². The molecule has 11 heteroatoms. The van der Waals surface area contributed by atoms with Crippen LogP contribution in [0.2, 0.25) is 10.0 Å². The Labute approximate surface area is 190 Å². The largest absolute Gasteiger partial charge is 0.410 e. The van der Waals surface area contributed by atoms with E-state index in [-0.39, 0.29) is 23.0 Å². The van der Waals surface area contributed by atoms with E-state index in [1.54, 1.807) is 6.07 Å². The third-order valence-corrected chi connectivity index (χ3v) is 5.78. The molecule has 6 nitrogen and oxygen atoms in total. The molecule has 0 radical (unpaired) electrons. The molecule has 3 aromatic rings. The van der Waals surface area contributed by atoms with Crippen molar-refractivity contribution in [1.29, 1.82) is 5.26 Å². The summed E-state index contributed by atoms with van der Waals surface area (Å²) in [6.07, 6.45) is -4.93. The molecule has 2 aromatic carbocycles. The van der Waals surface area contributed by atoms with Gasteiger partial charge in [-0.2, -0.15) is 23.5 Å². The zero-order valence-electron chi connectivity index (χ0n) is 16.1. The predicted octanol–water partition coefficient (Wildman–Crippen LogP) is 5.97. The predicted molar refractivity (Wildman–Crippen MR) is 114 cm³/mol. The van der Waals surface area contributed by atoms with Crippen LogP contribution in [0.1, 0.15) is 40.1 Å². The molecule has 0 saturated carbocycles. The van der Waals surface area contributed by atoms with Crippen LogP contribution in [-0.4, -0.2) is 21.9 Å². The summed E-state index contributed by atoms with van der Waals surface area (Å²) in [5.74, 6) is -0.620. The number of alkyl halides is 3. The second kappa shape index (κ2) is 8.37. The van der Waals surface area contributed by atoms with Gasteiger partial charge in [0.1, 0.15) is 5.82 Å². The third-order valence-electron chi connectivity index (χ3n) is 5.04. The number of rotatable bonds is 3. The molecule has 4 rings (SSSR count). The fraction of sp³-hybridized carbons (Fsp3) is 0.190. The fourth-order valence-electron chi connectivity index (χ4n) is 3.46. The summed E-state index contributed by atoms with van der Waals surface area (Å²) in [5, 5.41) is 18.8. The van der Waals surface area contributed by atoms with E-state index in [0.29, 0.717) is 21.8 Å². The fourth-order valence-corrected chi connectivity index (χ4v) is 3.76. The third kappa shape index (κ3) is 4.38. The van der Waals surface area contributed by atoms with Gasteiger partial charge in [-0.05, 0) is 42.0 Å². The van der Waals surface area contributed by atoms with Gasteiger partial charge in [0.15, 0.2) is 11.7 Å². The molecule has 1 aliphatic rings. The second-order valence-corrected chi connectivity index (χ2v) is 7.98. The van der Waals surface area contributed by atoms with Gasteiger partial charge in [-0.1, -0.05) is 29.3 Å². The van der Waals surface area contributed by atoms with Gasteiger partial charge in [0.25, 0.3) is 5.91 Å². The first-order valence-corrected chi connectivity index (χ1v) is 10.1. The summed E-state index contributed by atoms with van der Waals surface area (Å²) in [6, 6.07) is 11.3. The van der Waals surface area contributed by atoms with Crippen LogP contribution in [0, 0.1) is 11.3 Å². The van der Waals surface area contributed by atoms with Gasteiger partial charge in [0.05, 0.1) is 27.7 Å². The van der Waals surface area contributed by atoms with Crippen LogP contribution in [0.3, 0.4) is 0 Å². The molecule has 32 heavy (non-hydrogen) atoms. The summed E-state index contributed by atoms with van der Waals surface area (Å²) >= 11 is 11.9. The Morgan fingerprint density at radius 3 is 2.50 bits per heavy atom. The Bertz CT molecular complexity index is 1220. The Morgan fingerprint density at radius 2 is 1.88 bits per heavy atom. The van der Waals surface area contributed by atoms with Gasteiger partial charge in [-0.3, -0.25) is 4.79 Å². The van der Waals surface area contributed by atoms with Crippen LogP contribution >= 0.6 is 23.2 Å². The van der Waals surface area contributed by atoms with Crippen molar-refractivity contribution in [2.75, 3.05) is 10.6 Å². The Kier molecular flexibility index (Phi) is 5.75. The topological polar surface area (TPSA) is 82.7 Å². The average molecular weight is 480 g/mol. The summed E-state index contributed by atoms with van der Waals surface area (Å²) < 4.78 is 42.2. The quantitative estimate of drug-likeness (QED) is 0.484. The maximum atomic E-state index is 13.8. The van der Waals surface area contributed by atoms with Crippen LogP contribution in [-0.2, 0) is 0 Å².